The predicted octanol–water partition coefficient (Wildman–Crippen LogP) is 3.53. The topological polar surface area (TPSA) is 68.8 Å². The first-order chi connectivity index (χ1) is 13.8. The Kier molecular flexibility index (Phi) is 4.96. The van der Waals surface area contributed by atoms with Gasteiger partial charge in [0.05, 0.1) is 40.5 Å². The number of fused-ring (bicyclic) bond motifs is 1. The van der Waals surface area contributed by atoms with Crippen LogP contribution in [0.2, 0.25) is 0 Å². The van der Waals surface area contributed by atoms with E-state index < -0.39 is 0 Å². The lowest BCUT2D eigenvalue weighted by atomic mass is 10.3. The minimum atomic E-state index is -0.0385. The fourth-order valence-corrected chi connectivity index (χ4v) is 4.38. The van der Waals surface area contributed by atoms with E-state index in [-0.39, 0.29) is 5.91 Å². The van der Waals surface area contributed by atoms with Crippen LogP contribution in [0.1, 0.15) is 37.6 Å². The van der Waals surface area contributed by atoms with Crippen molar-refractivity contribution >= 4 is 28.3 Å². The van der Waals surface area contributed by atoms with Crippen molar-refractivity contribution in [2.45, 2.75) is 33.9 Å². The van der Waals surface area contributed by atoms with Gasteiger partial charge in [0, 0.05) is 19.8 Å². The van der Waals surface area contributed by atoms with Gasteiger partial charge in [0.1, 0.15) is 10.7 Å². The summed E-state index contributed by atoms with van der Waals surface area (Å²) in [6.45, 7) is 6.63. The van der Waals surface area contributed by atoms with Gasteiger partial charge < -0.3 is 9.47 Å². The molecule has 4 rings (SSSR count). The number of amides is 1. The number of nitrogens with zero attached hydrogens (tertiary/aromatic N) is 6. The van der Waals surface area contributed by atoms with Gasteiger partial charge in [0.15, 0.2) is 0 Å². The number of carbonyl (C=O) groups excluding carboxylic acids is 1. The molecule has 1 amide bonds. The molecule has 0 spiro atoms. The molecule has 150 valence electrons. The first-order valence-corrected chi connectivity index (χ1v) is 10.3. The number of hydrogen-bond acceptors (Lipinski definition) is 5. The summed E-state index contributed by atoms with van der Waals surface area (Å²) in [6.07, 6.45) is 0. The van der Waals surface area contributed by atoms with Crippen LogP contribution in [-0.2, 0) is 27.2 Å². The maximum Gasteiger partial charge on any atom is 0.266 e. The van der Waals surface area contributed by atoms with Gasteiger partial charge in [-0.25, -0.2) is 9.97 Å². The fraction of sp³-hybridized carbons (Fsp3) is 0.333. The fourth-order valence-electron chi connectivity index (χ4n) is 3.49. The zero-order chi connectivity index (χ0) is 20.7. The average Bonchev–Trinajstić information content (AvgIpc) is 3.30. The molecule has 0 aliphatic heterocycles. The molecule has 0 bridgehead atoms. The van der Waals surface area contributed by atoms with E-state index in [1.807, 2.05) is 79.3 Å². The highest BCUT2D eigenvalue weighted by molar-refractivity contribution is 7.13. The molecule has 8 heteroatoms. The summed E-state index contributed by atoms with van der Waals surface area (Å²) < 4.78 is 3.87. The van der Waals surface area contributed by atoms with Gasteiger partial charge in [-0.15, -0.1) is 11.3 Å². The lowest BCUT2D eigenvalue weighted by Crippen LogP contribution is -2.31. The molecule has 3 heterocycles. The minimum absolute atomic E-state index is 0.0385. The molecule has 0 saturated heterocycles. The Morgan fingerprint density at radius 2 is 1.86 bits per heavy atom. The zero-order valence-electron chi connectivity index (χ0n) is 17.3. The van der Waals surface area contributed by atoms with Crippen LogP contribution in [0.5, 0.6) is 0 Å². The first-order valence-electron chi connectivity index (χ1n) is 9.46. The van der Waals surface area contributed by atoms with Crippen LogP contribution in [0.4, 0.5) is 0 Å². The second-order valence-corrected chi connectivity index (χ2v) is 8.49. The van der Waals surface area contributed by atoms with Gasteiger partial charge >= 0.3 is 0 Å². The van der Waals surface area contributed by atoms with Crippen molar-refractivity contribution in [3.63, 3.8) is 0 Å². The van der Waals surface area contributed by atoms with Crippen LogP contribution < -0.4 is 0 Å². The summed E-state index contributed by atoms with van der Waals surface area (Å²) in [5.41, 5.74) is 4.66. The van der Waals surface area contributed by atoms with Gasteiger partial charge in [-0.05, 0) is 39.0 Å². The molecule has 0 radical (unpaired) electrons. The third-order valence-electron chi connectivity index (χ3n) is 5.11. The number of aromatic nitrogens is 5. The highest BCUT2D eigenvalue weighted by Gasteiger charge is 2.24. The maximum absolute atomic E-state index is 13.4. The van der Waals surface area contributed by atoms with Crippen LogP contribution in [0.3, 0.4) is 0 Å². The number of carbonyl (C=O) groups is 1. The molecule has 4 aromatic rings. The van der Waals surface area contributed by atoms with Crippen molar-refractivity contribution in [3.8, 4) is 0 Å². The summed E-state index contributed by atoms with van der Waals surface area (Å²) in [7, 11) is 3.90. The summed E-state index contributed by atoms with van der Waals surface area (Å²) in [5, 5.41) is 5.43. The van der Waals surface area contributed by atoms with E-state index in [0.29, 0.717) is 18.0 Å². The molecule has 7 nitrogen and oxygen atoms in total. The number of para-hydroxylation sites is 2. The van der Waals surface area contributed by atoms with Gasteiger partial charge in [0.25, 0.3) is 5.91 Å². The number of benzene rings is 1. The van der Waals surface area contributed by atoms with Gasteiger partial charge in [-0.1, -0.05) is 12.1 Å². The number of aryl methyl sites for hydroxylation is 5. The maximum atomic E-state index is 13.4. The molecule has 29 heavy (non-hydrogen) atoms. The van der Waals surface area contributed by atoms with Crippen molar-refractivity contribution in [2.75, 3.05) is 0 Å². The molecule has 1 aromatic carbocycles. The van der Waals surface area contributed by atoms with E-state index >= 15 is 0 Å². The number of hydrogen-bond donors (Lipinski definition) is 0. The van der Waals surface area contributed by atoms with Crippen molar-refractivity contribution in [1.82, 2.24) is 29.2 Å². The number of imidazole rings is 1. The number of rotatable bonds is 5. The molecule has 0 fully saturated rings. The molecule has 0 aliphatic rings. The van der Waals surface area contributed by atoms with E-state index in [2.05, 4.69) is 10.1 Å². The smallest absolute Gasteiger partial charge is 0.266 e. The van der Waals surface area contributed by atoms with Crippen molar-refractivity contribution in [3.05, 3.63) is 63.1 Å². The van der Waals surface area contributed by atoms with Crippen molar-refractivity contribution < 1.29 is 4.79 Å². The highest BCUT2D eigenvalue weighted by Crippen LogP contribution is 2.23. The molecule has 0 atom stereocenters. The Morgan fingerprint density at radius 1 is 1.10 bits per heavy atom. The van der Waals surface area contributed by atoms with E-state index in [9.17, 15) is 4.79 Å². The van der Waals surface area contributed by atoms with Crippen LogP contribution in [0, 0.1) is 20.8 Å². The first kappa shape index (κ1) is 19.3. The van der Waals surface area contributed by atoms with Crippen LogP contribution in [-0.4, -0.2) is 35.1 Å². The molecule has 0 aliphatic carbocycles. The van der Waals surface area contributed by atoms with E-state index in [1.165, 1.54) is 11.3 Å². The minimum Gasteiger partial charge on any atom is -0.330 e. The predicted molar refractivity (Wildman–Crippen MR) is 114 cm³/mol. The van der Waals surface area contributed by atoms with Crippen LogP contribution in [0.25, 0.3) is 11.0 Å². The zero-order valence-corrected chi connectivity index (χ0v) is 18.1. The summed E-state index contributed by atoms with van der Waals surface area (Å²) in [4.78, 5) is 25.1. The lowest BCUT2D eigenvalue weighted by molar-refractivity contribution is 0.0725. The Labute approximate surface area is 173 Å². The standard InChI is InChI=1S/C21H24N6OS/c1-13-10-16(24-26(13)5)11-27(21(28)20-14(2)22-15(3)29-20)12-19-23-17-8-6-7-9-18(17)25(19)4/h6-10H,11-12H2,1-5H3. The molecular weight excluding hydrogens is 384 g/mol. The average molecular weight is 409 g/mol. The largest absolute Gasteiger partial charge is 0.330 e. The van der Waals surface area contributed by atoms with Crippen LogP contribution in [0.15, 0.2) is 30.3 Å². The molecule has 0 N–H and O–H groups in total. The van der Waals surface area contributed by atoms with Gasteiger partial charge in [0.2, 0.25) is 0 Å². The van der Waals surface area contributed by atoms with Crippen LogP contribution >= 0.6 is 11.3 Å². The molecule has 0 unspecified atom stereocenters. The molecular formula is C21H24N6OS. The van der Waals surface area contributed by atoms with Gasteiger partial charge in [-0.2, -0.15) is 5.10 Å². The monoisotopic (exact) mass is 408 g/mol. The Hall–Kier alpha value is -3.00. The quantitative estimate of drug-likeness (QED) is 0.507. The van der Waals surface area contributed by atoms with Crippen molar-refractivity contribution in [2.24, 2.45) is 14.1 Å². The Balaban J connectivity index is 1.71. The number of thiazole rings is 1. The summed E-state index contributed by atoms with van der Waals surface area (Å²) in [6, 6.07) is 10.0. The van der Waals surface area contributed by atoms with E-state index in [0.717, 1.165) is 38.9 Å². The lowest BCUT2D eigenvalue weighted by Gasteiger charge is -2.21. The summed E-state index contributed by atoms with van der Waals surface area (Å²) in [5.74, 6) is 0.801. The highest BCUT2D eigenvalue weighted by atomic mass is 32.1. The van der Waals surface area contributed by atoms with Gasteiger partial charge in [-0.3, -0.25) is 9.48 Å². The third-order valence-corrected chi connectivity index (χ3v) is 6.18. The van der Waals surface area contributed by atoms with E-state index in [4.69, 9.17) is 4.98 Å². The SMILES string of the molecule is Cc1nc(C)c(C(=O)N(Cc2cc(C)n(C)n2)Cc2nc3ccccc3n2C)s1. The normalized spacial score (nSPS) is 11.3. The second kappa shape index (κ2) is 7.44. The second-order valence-electron chi connectivity index (χ2n) is 7.29. The van der Waals surface area contributed by atoms with Crippen molar-refractivity contribution in [1.29, 1.82) is 0 Å². The third kappa shape index (κ3) is 3.67. The van der Waals surface area contributed by atoms with E-state index in [1.54, 1.807) is 0 Å². The molecule has 0 saturated carbocycles. The molecule has 3 aromatic heterocycles. The summed E-state index contributed by atoms with van der Waals surface area (Å²) >= 11 is 1.43. The Morgan fingerprint density at radius 3 is 2.48 bits per heavy atom. The Bertz CT molecular complexity index is 1180.